The second-order valence-corrected chi connectivity index (χ2v) is 12.5. The molecule has 0 atom stereocenters. The molecule has 1 saturated carbocycles. The van der Waals surface area contributed by atoms with Gasteiger partial charge in [-0.3, -0.25) is 4.79 Å². The van der Waals surface area contributed by atoms with Crippen LogP contribution in [0.3, 0.4) is 0 Å². The van der Waals surface area contributed by atoms with Gasteiger partial charge in [-0.2, -0.15) is 5.10 Å². The number of anilines is 1. The third-order valence-corrected chi connectivity index (χ3v) is 9.82. The Hall–Kier alpha value is -4.17. The number of Topliss-reactive ketones (excluding diaryl/α,β-unsaturated/α-hetero) is 1. The van der Waals surface area contributed by atoms with Gasteiger partial charge in [-0.25, -0.2) is 19.5 Å². The predicted octanol–water partition coefficient (Wildman–Crippen LogP) is 6.47. The Balaban J connectivity index is 1.16. The molecule has 220 valence electrons. The van der Waals surface area contributed by atoms with E-state index in [1.165, 1.54) is 19.2 Å². The van der Waals surface area contributed by atoms with Crippen LogP contribution in [0.25, 0.3) is 38.9 Å². The molecule has 8 heteroatoms. The van der Waals surface area contributed by atoms with Gasteiger partial charge in [-0.15, -0.1) is 0 Å². The summed E-state index contributed by atoms with van der Waals surface area (Å²) in [6, 6.07) is 18.7. The fraction of sp³-hybridized carbons (Fsp3) is 0.400. The van der Waals surface area contributed by atoms with Crippen molar-refractivity contribution >= 4 is 28.0 Å². The Bertz CT molecular complexity index is 1780. The number of ketones is 1. The minimum absolute atomic E-state index is 0.261. The van der Waals surface area contributed by atoms with Gasteiger partial charge in [0.25, 0.3) is 0 Å². The summed E-state index contributed by atoms with van der Waals surface area (Å²) in [5.41, 5.74) is 13.2. The molecule has 2 aromatic carbocycles. The third kappa shape index (κ3) is 5.29. The van der Waals surface area contributed by atoms with E-state index in [-0.39, 0.29) is 5.92 Å². The van der Waals surface area contributed by atoms with Crippen LogP contribution in [-0.4, -0.2) is 54.9 Å². The van der Waals surface area contributed by atoms with Crippen molar-refractivity contribution in [3.63, 3.8) is 0 Å². The van der Waals surface area contributed by atoms with Gasteiger partial charge < -0.3 is 10.6 Å². The Morgan fingerprint density at radius 3 is 2.42 bits per heavy atom. The van der Waals surface area contributed by atoms with Crippen LogP contribution in [0.5, 0.6) is 0 Å². The first-order valence-corrected chi connectivity index (χ1v) is 15.6. The molecule has 0 bridgehead atoms. The van der Waals surface area contributed by atoms with Gasteiger partial charge in [-0.1, -0.05) is 48.5 Å². The first kappa shape index (κ1) is 27.7. The molecule has 2 N–H and O–H groups in total. The number of imidazole rings is 1. The highest BCUT2D eigenvalue weighted by Crippen LogP contribution is 2.40. The minimum atomic E-state index is 0.261. The number of carbonyl (C=O) groups excluding carboxylic acids is 1. The van der Waals surface area contributed by atoms with Crippen LogP contribution in [-0.2, 0) is 4.79 Å². The van der Waals surface area contributed by atoms with Crippen LogP contribution in [0, 0.1) is 18.8 Å². The van der Waals surface area contributed by atoms with Crippen molar-refractivity contribution in [1.29, 1.82) is 0 Å². The highest BCUT2D eigenvalue weighted by Gasteiger charge is 2.31. The first-order chi connectivity index (χ1) is 21.0. The quantitative estimate of drug-likeness (QED) is 0.248. The topological polar surface area (TPSA) is 102 Å². The number of piperidine rings is 1. The van der Waals surface area contributed by atoms with Crippen molar-refractivity contribution in [2.75, 3.05) is 25.4 Å². The van der Waals surface area contributed by atoms with Gasteiger partial charge in [0.05, 0.1) is 11.2 Å². The number of hydrogen-bond donors (Lipinski definition) is 1. The van der Waals surface area contributed by atoms with E-state index in [0.29, 0.717) is 23.4 Å². The molecule has 2 fully saturated rings. The molecule has 0 radical (unpaired) electrons. The van der Waals surface area contributed by atoms with Crippen molar-refractivity contribution in [3.05, 3.63) is 72.3 Å². The third-order valence-electron chi connectivity index (χ3n) is 9.82. The van der Waals surface area contributed by atoms with Gasteiger partial charge in [-0.05, 0) is 83.0 Å². The fourth-order valence-electron chi connectivity index (χ4n) is 7.28. The number of nitrogens with zero attached hydrogens (tertiary/aromatic N) is 6. The first-order valence-electron chi connectivity index (χ1n) is 15.6. The van der Waals surface area contributed by atoms with Gasteiger partial charge >= 0.3 is 0 Å². The van der Waals surface area contributed by atoms with E-state index < -0.39 is 0 Å². The summed E-state index contributed by atoms with van der Waals surface area (Å²) < 4.78 is 1.94. The van der Waals surface area contributed by atoms with Crippen molar-refractivity contribution in [3.8, 4) is 22.5 Å². The lowest BCUT2D eigenvalue weighted by molar-refractivity contribution is -0.122. The van der Waals surface area contributed by atoms with Crippen molar-refractivity contribution < 1.29 is 4.79 Å². The normalized spacial score (nSPS) is 20.1. The van der Waals surface area contributed by atoms with Gasteiger partial charge in [0.1, 0.15) is 29.1 Å². The van der Waals surface area contributed by atoms with E-state index in [4.69, 9.17) is 15.7 Å². The largest absolute Gasteiger partial charge is 0.382 e. The molecular formula is C35H39N7O. The smallest absolute Gasteiger partial charge is 0.153 e. The Morgan fingerprint density at radius 2 is 1.67 bits per heavy atom. The molecule has 1 aliphatic carbocycles. The lowest BCUT2D eigenvalue weighted by atomic mass is 9.81. The molecule has 0 unspecified atom stereocenters. The molecule has 1 saturated heterocycles. The summed E-state index contributed by atoms with van der Waals surface area (Å²) in [4.78, 5) is 29.0. The maximum atomic E-state index is 11.8. The number of nitrogens with two attached hydrogens (primary N) is 1. The molecule has 8 nitrogen and oxygen atoms in total. The van der Waals surface area contributed by atoms with E-state index in [0.717, 1.165) is 95.6 Å². The number of aryl methyl sites for hydroxylation is 1. The molecule has 7 rings (SSSR count). The number of rotatable bonds is 6. The molecule has 0 amide bonds. The second kappa shape index (κ2) is 11.5. The number of likely N-dealkylation sites (tertiary alicyclic amines) is 1. The van der Waals surface area contributed by atoms with Crippen molar-refractivity contribution in [2.24, 2.45) is 11.8 Å². The number of carbonyl (C=O) groups is 1. The molecular weight excluding hydrogens is 534 g/mol. The Kier molecular flexibility index (Phi) is 7.39. The average molecular weight is 574 g/mol. The van der Waals surface area contributed by atoms with Crippen LogP contribution in [0.1, 0.15) is 62.8 Å². The molecule has 0 spiro atoms. The molecule has 5 aromatic rings. The van der Waals surface area contributed by atoms with Crippen LogP contribution >= 0.6 is 0 Å². The van der Waals surface area contributed by atoms with E-state index in [1.807, 2.05) is 22.7 Å². The Morgan fingerprint density at radius 1 is 0.930 bits per heavy atom. The maximum Gasteiger partial charge on any atom is 0.153 e. The zero-order valence-electron chi connectivity index (χ0n) is 25.0. The summed E-state index contributed by atoms with van der Waals surface area (Å²) in [5, 5.41) is 5.75. The summed E-state index contributed by atoms with van der Waals surface area (Å²) >= 11 is 0. The molecule has 43 heavy (non-hydrogen) atoms. The average Bonchev–Trinajstić information content (AvgIpc) is 3.43. The van der Waals surface area contributed by atoms with Crippen molar-refractivity contribution in [2.45, 2.75) is 58.3 Å². The molecule has 3 aromatic heterocycles. The number of fused-ring (bicyclic) bond motifs is 2. The number of hydrogen-bond acceptors (Lipinski definition) is 7. The number of nitrogen functional groups attached to an aromatic ring is 1. The standard InChI is InChI=1S/C35H39N7O/c1-22-29(14-12-27-13-15-30(39-31(22)27)26-6-4-3-5-7-26)32-33-34(36)37-21-38-42(33)35(40-32)28-10-8-24(9-11-28)20-41-18-16-25(17-19-41)23(2)43/h3-7,12-15,21,24-25,28H,8-11,16-20H2,1-2H3,(H2,36,37,38). The second-order valence-electron chi connectivity index (χ2n) is 12.5. The zero-order chi connectivity index (χ0) is 29.5. The van der Waals surface area contributed by atoms with E-state index in [2.05, 4.69) is 58.3 Å². The maximum absolute atomic E-state index is 11.8. The highest BCUT2D eigenvalue weighted by atomic mass is 16.1. The van der Waals surface area contributed by atoms with Crippen molar-refractivity contribution in [1.82, 2.24) is 29.5 Å². The monoisotopic (exact) mass is 573 g/mol. The van der Waals surface area contributed by atoms with Crippen LogP contribution in [0.2, 0.25) is 0 Å². The minimum Gasteiger partial charge on any atom is -0.382 e. The summed E-state index contributed by atoms with van der Waals surface area (Å²) in [5.74, 6) is 3.03. The number of pyridine rings is 1. The molecule has 4 heterocycles. The van der Waals surface area contributed by atoms with E-state index in [1.54, 1.807) is 6.92 Å². The Labute approximate surface area is 252 Å². The predicted molar refractivity (Wildman–Crippen MR) is 171 cm³/mol. The van der Waals surface area contributed by atoms with E-state index in [9.17, 15) is 4.79 Å². The summed E-state index contributed by atoms with van der Waals surface area (Å²) in [7, 11) is 0. The molecule has 1 aliphatic heterocycles. The number of benzene rings is 2. The zero-order valence-corrected chi connectivity index (χ0v) is 25.0. The SMILES string of the molecule is CC(=O)C1CCN(CC2CCC(c3nc(-c4ccc5ccc(-c6ccccc6)nc5c4C)c4c(N)ncnn34)CC2)CC1. The van der Waals surface area contributed by atoms with Gasteiger partial charge in [0.15, 0.2) is 5.82 Å². The lowest BCUT2D eigenvalue weighted by Crippen LogP contribution is -2.39. The van der Waals surface area contributed by atoms with Crippen LogP contribution in [0.15, 0.2) is 60.9 Å². The van der Waals surface area contributed by atoms with Crippen LogP contribution in [0.4, 0.5) is 5.82 Å². The highest BCUT2D eigenvalue weighted by molar-refractivity contribution is 5.94. The van der Waals surface area contributed by atoms with E-state index >= 15 is 0 Å². The van der Waals surface area contributed by atoms with Crippen LogP contribution < -0.4 is 5.73 Å². The lowest BCUT2D eigenvalue weighted by Gasteiger charge is -2.35. The molecule has 2 aliphatic rings. The number of aromatic nitrogens is 5. The van der Waals surface area contributed by atoms with Gasteiger partial charge in [0, 0.05) is 34.9 Å². The summed E-state index contributed by atoms with van der Waals surface area (Å²) in [6.07, 6.45) is 8.05. The fourth-order valence-corrected chi connectivity index (χ4v) is 7.28. The van der Waals surface area contributed by atoms with Gasteiger partial charge in [0.2, 0.25) is 0 Å². The summed E-state index contributed by atoms with van der Waals surface area (Å²) in [6.45, 7) is 7.08.